The van der Waals surface area contributed by atoms with Gasteiger partial charge in [-0.1, -0.05) is 0 Å². The van der Waals surface area contributed by atoms with Gasteiger partial charge in [0, 0.05) is 10.9 Å². The Kier molecular flexibility index (Phi) is 5.83. The molecule has 9 nitrogen and oxygen atoms in total. The van der Waals surface area contributed by atoms with E-state index in [0.717, 1.165) is 10.6 Å². The Morgan fingerprint density at radius 2 is 1.64 bits per heavy atom. The van der Waals surface area contributed by atoms with Crippen LogP contribution in [0, 0.1) is 13.8 Å². The number of carbonyl (C=O) groups excluding carboxylic acids is 1. The van der Waals surface area contributed by atoms with Crippen LogP contribution in [0.2, 0.25) is 0 Å². The normalized spacial score (nSPS) is 14.8. The third-order valence-corrected chi connectivity index (χ3v) is 7.38. The number of thiazole rings is 1. The summed E-state index contributed by atoms with van der Waals surface area (Å²) in [6.45, 7) is 3.81. The van der Waals surface area contributed by atoms with Crippen LogP contribution in [-0.2, 0) is 0 Å². The monoisotopic (exact) mass is 508 g/mol. The molecule has 0 aliphatic carbocycles. The molecule has 0 bridgehead atoms. The van der Waals surface area contributed by atoms with E-state index in [1.54, 1.807) is 30.3 Å². The summed E-state index contributed by atoms with van der Waals surface area (Å²) in [5.74, 6) is 1.21. The highest BCUT2D eigenvalue weighted by Gasteiger charge is 2.45. The molecule has 1 amide bonds. The first kappa shape index (κ1) is 23.7. The number of aromatic nitrogens is 1. The molecule has 1 aliphatic rings. The van der Waals surface area contributed by atoms with Crippen LogP contribution in [0.5, 0.6) is 23.0 Å². The van der Waals surface area contributed by atoms with Gasteiger partial charge in [0.05, 0.1) is 51.1 Å². The topological polar surface area (TPSA) is 100 Å². The minimum absolute atomic E-state index is 0.0370. The molecule has 1 aliphatic heterocycles. The van der Waals surface area contributed by atoms with Crippen molar-refractivity contribution in [2.75, 3.05) is 33.3 Å². The van der Waals surface area contributed by atoms with Crippen LogP contribution >= 0.6 is 11.3 Å². The number of rotatable bonds is 6. The van der Waals surface area contributed by atoms with Crippen LogP contribution in [0.4, 0.5) is 5.13 Å². The van der Waals surface area contributed by atoms with Gasteiger partial charge in [-0.15, -0.1) is 11.3 Å². The van der Waals surface area contributed by atoms with Crippen LogP contribution in [0.25, 0.3) is 11.0 Å². The molecular weight excluding hydrogens is 484 g/mol. The van der Waals surface area contributed by atoms with E-state index in [1.807, 2.05) is 13.8 Å². The van der Waals surface area contributed by atoms with E-state index < -0.39 is 11.9 Å². The highest BCUT2D eigenvalue weighted by molar-refractivity contribution is 7.15. The van der Waals surface area contributed by atoms with Crippen LogP contribution in [0.15, 0.2) is 39.5 Å². The second-order valence-corrected chi connectivity index (χ2v) is 9.39. The Morgan fingerprint density at radius 1 is 0.944 bits per heavy atom. The SMILES string of the molecule is COc1ccc2c(=O)c3c(oc2c1)C(=O)N(c1nc(C)c(C)s1)C3c1cc(OC)c(OC)c(OC)c1. The average molecular weight is 509 g/mol. The van der Waals surface area contributed by atoms with Gasteiger partial charge in [0.1, 0.15) is 11.3 Å². The maximum atomic E-state index is 13.8. The van der Waals surface area contributed by atoms with E-state index in [-0.39, 0.29) is 22.3 Å². The molecule has 5 rings (SSSR count). The number of benzene rings is 2. The highest BCUT2D eigenvalue weighted by atomic mass is 32.1. The molecule has 0 saturated carbocycles. The smallest absolute Gasteiger partial charge is 0.297 e. The van der Waals surface area contributed by atoms with Gasteiger partial charge >= 0.3 is 0 Å². The zero-order valence-electron chi connectivity index (χ0n) is 20.6. The number of amides is 1. The van der Waals surface area contributed by atoms with Gasteiger partial charge in [-0.25, -0.2) is 4.98 Å². The lowest BCUT2D eigenvalue weighted by Gasteiger charge is -2.24. The Bertz CT molecular complexity index is 1530. The van der Waals surface area contributed by atoms with E-state index in [0.29, 0.717) is 39.1 Å². The molecule has 0 N–H and O–H groups in total. The first-order valence-corrected chi connectivity index (χ1v) is 11.9. The number of anilines is 1. The zero-order chi connectivity index (χ0) is 25.7. The number of carbonyl (C=O) groups is 1. The summed E-state index contributed by atoms with van der Waals surface area (Å²) in [6.07, 6.45) is 0. The van der Waals surface area contributed by atoms with Crippen molar-refractivity contribution < 1.29 is 28.2 Å². The summed E-state index contributed by atoms with van der Waals surface area (Å²) in [7, 11) is 6.05. The second kappa shape index (κ2) is 8.87. The minimum Gasteiger partial charge on any atom is -0.497 e. The van der Waals surface area contributed by atoms with Crippen molar-refractivity contribution in [2.45, 2.75) is 19.9 Å². The lowest BCUT2D eigenvalue weighted by Crippen LogP contribution is -2.29. The van der Waals surface area contributed by atoms with Crippen LogP contribution in [-0.4, -0.2) is 39.3 Å². The molecule has 2 aromatic carbocycles. The van der Waals surface area contributed by atoms with Crippen molar-refractivity contribution in [1.29, 1.82) is 0 Å². The standard InChI is InChI=1S/C26H24N2O7S/c1-12-13(2)36-26(27-12)28-21(14-9-18(32-4)23(34-6)19(10-14)33-5)20-22(29)16-8-7-15(31-3)11-17(16)35-24(20)25(28)30/h7-11,21H,1-6H3. The number of aryl methyl sites for hydroxylation is 2. The largest absolute Gasteiger partial charge is 0.497 e. The lowest BCUT2D eigenvalue weighted by molar-refractivity contribution is 0.0970. The van der Waals surface area contributed by atoms with Gasteiger partial charge in [0.15, 0.2) is 22.1 Å². The predicted octanol–water partition coefficient (Wildman–Crippen LogP) is 4.65. The fourth-order valence-electron chi connectivity index (χ4n) is 4.41. The number of fused-ring (bicyclic) bond motifs is 2. The molecule has 2 aromatic heterocycles. The Balaban J connectivity index is 1.83. The Hall–Kier alpha value is -4.05. The molecule has 3 heterocycles. The summed E-state index contributed by atoms with van der Waals surface area (Å²) in [4.78, 5) is 34.8. The summed E-state index contributed by atoms with van der Waals surface area (Å²) >= 11 is 1.37. The molecule has 186 valence electrons. The molecule has 1 atom stereocenters. The minimum atomic E-state index is -0.825. The summed E-state index contributed by atoms with van der Waals surface area (Å²) in [5.41, 5.74) is 1.56. The average Bonchev–Trinajstić information content (AvgIpc) is 3.38. The van der Waals surface area contributed by atoms with Crippen molar-refractivity contribution in [3.63, 3.8) is 0 Å². The number of hydrogen-bond donors (Lipinski definition) is 0. The quantitative estimate of drug-likeness (QED) is 0.371. The van der Waals surface area contributed by atoms with Gasteiger partial charge in [0.2, 0.25) is 11.5 Å². The van der Waals surface area contributed by atoms with Gasteiger partial charge in [-0.3, -0.25) is 14.5 Å². The van der Waals surface area contributed by atoms with Crippen LogP contribution in [0.1, 0.15) is 38.3 Å². The summed E-state index contributed by atoms with van der Waals surface area (Å²) in [5, 5.41) is 0.800. The summed E-state index contributed by atoms with van der Waals surface area (Å²) < 4.78 is 27.9. The highest BCUT2D eigenvalue weighted by Crippen LogP contribution is 2.47. The molecule has 4 aromatic rings. The Labute approximate surface area is 210 Å². The second-order valence-electron chi connectivity index (χ2n) is 8.21. The van der Waals surface area contributed by atoms with Crippen molar-refractivity contribution >= 4 is 33.3 Å². The molecule has 0 saturated heterocycles. The third-order valence-electron chi connectivity index (χ3n) is 6.31. The van der Waals surface area contributed by atoms with Gasteiger partial charge in [-0.05, 0) is 43.7 Å². The fourth-order valence-corrected chi connectivity index (χ4v) is 5.35. The van der Waals surface area contributed by atoms with E-state index >= 15 is 0 Å². The van der Waals surface area contributed by atoms with Crippen molar-refractivity contribution in [3.05, 3.63) is 68.0 Å². The number of nitrogens with zero attached hydrogens (tertiary/aromatic N) is 2. The molecule has 36 heavy (non-hydrogen) atoms. The van der Waals surface area contributed by atoms with E-state index in [9.17, 15) is 9.59 Å². The fraction of sp³-hybridized carbons (Fsp3) is 0.269. The molecule has 1 unspecified atom stereocenters. The van der Waals surface area contributed by atoms with Crippen molar-refractivity contribution in [3.8, 4) is 23.0 Å². The third kappa shape index (κ3) is 3.48. The van der Waals surface area contributed by atoms with Crippen LogP contribution in [0.3, 0.4) is 0 Å². The van der Waals surface area contributed by atoms with Gasteiger partial charge < -0.3 is 23.4 Å². The predicted molar refractivity (Wildman–Crippen MR) is 135 cm³/mol. The number of methoxy groups -OCH3 is 4. The van der Waals surface area contributed by atoms with Gasteiger partial charge in [0.25, 0.3) is 5.91 Å². The van der Waals surface area contributed by atoms with E-state index in [4.69, 9.17) is 23.4 Å². The van der Waals surface area contributed by atoms with Crippen molar-refractivity contribution in [1.82, 2.24) is 4.98 Å². The molecule has 0 spiro atoms. The maximum absolute atomic E-state index is 13.8. The molecular formula is C26H24N2O7S. The maximum Gasteiger partial charge on any atom is 0.297 e. The Morgan fingerprint density at radius 3 is 2.19 bits per heavy atom. The van der Waals surface area contributed by atoms with Crippen molar-refractivity contribution in [2.24, 2.45) is 0 Å². The zero-order valence-corrected chi connectivity index (χ0v) is 21.4. The molecule has 10 heteroatoms. The number of ether oxygens (including phenoxy) is 4. The lowest BCUT2D eigenvalue weighted by atomic mass is 9.97. The first-order chi connectivity index (χ1) is 17.3. The number of hydrogen-bond acceptors (Lipinski definition) is 9. The molecule has 0 radical (unpaired) electrons. The van der Waals surface area contributed by atoms with E-state index in [2.05, 4.69) is 4.98 Å². The molecule has 0 fully saturated rings. The van der Waals surface area contributed by atoms with Gasteiger partial charge in [-0.2, -0.15) is 0 Å². The first-order valence-electron chi connectivity index (χ1n) is 11.0. The van der Waals surface area contributed by atoms with Crippen LogP contribution < -0.4 is 29.3 Å². The summed E-state index contributed by atoms with van der Waals surface area (Å²) in [6, 6.07) is 7.55. The van der Waals surface area contributed by atoms with E-state index in [1.165, 1.54) is 44.7 Å².